The van der Waals surface area contributed by atoms with Crippen LogP contribution in [-0.4, -0.2) is 22.8 Å². The molecule has 2 N–H and O–H groups in total. The van der Waals surface area contributed by atoms with Crippen LogP contribution in [0.15, 0.2) is 6.20 Å². The van der Waals surface area contributed by atoms with Gasteiger partial charge in [0.25, 0.3) is 0 Å². The van der Waals surface area contributed by atoms with E-state index in [0.29, 0.717) is 6.04 Å². The molecule has 1 saturated carbocycles. The van der Waals surface area contributed by atoms with E-state index in [4.69, 9.17) is 0 Å². The first-order valence-electron chi connectivity index (χ1n) is 6.69. The van der Waals surface area contributed by atoms with Crippen molar-refractivity contribution in [3.05, 3.63) is 17.5 Å². The summed E-state index contributed by atoms with van der Waals surface area (Å²) in [5, 5.41) is 11.1. The molecule has 1 aliphatic carbocycles. The maximum atomic E-state index is 4.24. The molecule has 88 valence electrons. The fraction of sp³-hybridized carbons (Fsp3) is 0.769. The Morgan fingerprint density at radius 1 is 1.19 bits per heavy atom. The molecule has 3 heteroatoms. The molecule has 0 radical (unpaired) electrons. The summed E-state index contributed by atoms with van der Waals surface area (Å²) in [6, 6.07) is 0.674. The summed E-state index contributed by atoms with van der Waals surface area (Å²) in [6.45, 7) is 1.19. The van der Waals surface area contributed by atoms with Gasteiger partial charge < -0.3 is 5.32 Å². The van der Waals surface area contributed by atoms with Gasteiger partial charge in [-0.05, 0) is 43.7 Å². The van der Waals surface area contributed by atoms with E-state index in [1.165, 1.54) is 56.3 Å². The van der Waals surface area contributed by atoms with Gasteiger partial charge in [0.2, 0.25) is 0 Å². The fourth-order valence-corrected chi connectivity index (χ4v) is 2.90. The maximum Gasteiger partial charge on any atom is 0.0524 e. The number of rotatable bonds is 3. The van der Waals surface area contributed by atoms with Crippen molar-refractivity contribution in [2.75, 3.05) is 6.54 Å². The third-order valence-corrected chi connectivity index (χ3v) is 4.16. The van der Waals surface area contributed by atoms with E-state index in [1.807, 2.05) is 0 Å². The minimum Gasteiger partial charge on any atom is -0.314 e. The smallest absolute Gasteiger partial charge is 0.0524 e. The zero-order valence-electron chi connectivity index (χ0n) is 9.84. The highest BCUT2D eigenvalue weighted by Crippen LogP contribution is 2.37. The molecule has 2 aliphatic rings. The predicted octanol–water partition coefficient (Wildman–Crippen LogP) is 2.36. The topological polar surface area (TPSA) is 40.7 Å². The van der Waals surface area contributed by atoms with Gasteiger partial charge in [-0.15, -0.1) is 0 Å². The normalized spacial score (nSPS) is 26.6. The highest BCUT2D eigenvalue weighted by atomic mass is 15.1. The summed E-state index contributed by atoms with van der Waals surface area (Å²) < 4.78 is 0. The van der Waals surface area contributed by atoms with Crippen LogP contribution in [-0.2, 0) is 6.42 Å². The van der Waals surface area contributed by atoms with Crippen LogP contribution in [0.5, 0.6) is 0 Å². The van der Waals surface area contributed by atoms with Gasteiger partial charge in [-0.2, -0.15) is 5.10 Å². The highest BCUT2D eigenvalue weighted by molar-refractivity contribution is 5.24. The minimum atomic E-state index is 0.674. The van der Waals surface area contributed by atoms with Gasteiger partial charge in [0.05, 0.1) is 6.20 Å². The van der Waals surface area contributed by atoms with Crippen molar-refractivity contribution in [1.82, 2.24) is 15.5 Å². The Morgan fingerprint density at radius 3 is 2.81 bits per heavy atom. The number of H-pyrrole nitrogens is 1. The Hall–Kier alpha value is -0.830. The zero-order chi connectivity index (χ0) is 10.8. The Balaban J connectivity index is 1.66. The largest absolute Gasteiger partial charge is 0.314 e. The lowest BCUT2D eigenvalue weighted by Crippen LogP contribution is -2.36. The first-order valence-corrected chi connectivity index (χ1v) is 6.69. The molecule has 1 aliphatic heterocycles. The van der Waals surface area contributed by atoms with Crippen LogP contribution in [0, 0.1) is 0 Å². The van der Waals surface area contributed by atoms with Crippen molar-refractivity contribution < 1.29 is 0 Å². The number of aromatic nitrogens is 2. The monoisotopic (exact) mass is 219 g/mol. The number of hydrogen-bond donors (Lipinski definition) is 2. The maximum absolute atomic E-state index is 4.24. The predicted molar refractivity (Wildman–Crippen MR) is 64.5 cm³/mol. The summed E-state index contributed by atoms with van der Waals surface area (Å²) in [5.74, 6) is 0.803. The van der Waals surface area contributed by atoms with Crippen LogP contribution >= 0.6 is 0 Å². The molecule has 0 bridgehead atoms. The van der Waals surface area contributed by atoms with E-state index < -0.39 is 0 Å². The lowest BCUT2D eigenvalue weighted by molar-refractivity contribution is 0.388. The molecular formula is C13H21N3. The Kier molecular flexibility index (Phi) is 2.96. The van der Waals surface area contributed by atoms with E-state index in [9.17, 15) is 0 Å². The second kappa shape index (κ2) is 4.58. The van der Waals surface area contributed by atoms with Crippen LogP contribution in [0.2, 0.25) is 0 Å². The first-order chi connectivity index (χ1) is 7.93. The van der Waals surface area contributed by atoms with Gasteiger partial charge in [-0.3, -0.25) is 5.10 Å². The second-order valence-corrected chi connectivity index (χ2v) is 5.28. The van der Waals surface area contributed by atoms with Crippen molar-refractivity contribution in [3.63, 3.8) is 0 Å². The SMILES string of the molecule is c1n[nH]c(CC2CCCCN2)c1C1CCC1. The number of aromatic amines is 1. The van der Waals surface area contributed by atoms with Gasteiger partial charge in [0.1, 0.15) is 0 Å². The molecule has 1 aromatic rings. The summed E-state index contributed by atoms with van der Waals surface area (Å²) in [4.78, 5) is 0. The molecule has 1 unspecified atom stereocenters. The molecule has 1 saturated heterocycles. The molecule has 1 atom stereocenters. The number of hydrogen-bond acceptors (Lipinski definition) is 2. The lowest BCUT2D eigenvalue weighted by Gasteiger charge is -2.27. The molecule has 0 aromatic carbocycles. The van der Waals surface area contributed by atoms with Gasteiger partial charge in [0, 0.05) is 18.2 Å². The average molecular weight is 219 g/mol. The van der Waals surface area contributed by atoms with E-state index in [2.05, 4.69) is 21.7 Å². The molecule has 0 amide bonds. The lowest BCUT2D eigenvalue weighted by atomic mass is 9.79. The van der Waals surface area contributed by atoms with Crippen molar-refractivity contribution in [2.45, 2.75) is 56.9 Å². The summed E-state index contributed by atoms with van der Waals surface area (Å²) >= 11 is 0. The van der Waals surface area contributed by atoms with Crippen molar-refractivity contribution in [3.8, 4) is 0 Å². The molecule has 2 fully saturated rings. The molecule has 3 nitrogen and oxygen atoms in total. The molecular weight excluding hydrogens is 198 g/mol. The van der Waals surface area contributed by atoms with Crippen molar-refractivity contribution in [1.29, 1.82) is 0 Å². The zero-order valence-corrected chi connectivity index (χ0v) is 9.84. The van der Waals surface area contributed by atoms with E-state index in [-0.39, 0.29) is 0 Å². The molecule has 0 spiro atoms. The fourth-order valence-electron chi connectivity index (χ4n) is 2.90. The average Bonchev–Trinajstić information content (AvgIpc) is 2.66. The summed E-state index contributed by atoms with van der Waals surface area (Å²) in [6.07, 6.45) is 11.4. The molecule has 2 heterocycles. The van der Waals surface area contributed by atoms with Crippen LogP contribution in [0.25, 0.3) is 0 Å². The van der Waals surface area contributed by atoms with Gasteiger partial charge >= 0.3 is 0 Å². The standard InChI is InChI=1S/C13H21N3/c1-2-7-14-11(6-1)8-13-12(9-15-16-13)10-4-3-5-10/h9-11,14H,1-8H2,(H,15,16). The molecule has 3 rings (SSSR count). The molecule has 1 aromatic heterocycles. The second-order valence-electron chi connectivity index (χ2n) is 5.28. The molecule has 16 heavy (non-hydrogen) atoms. The van der Waals surface area contributed by atoms with E-state index >= 15 is 0 Å². The highest BCUT2D eigenvalue weighted by Gasteiger charge is 2.24. The van der Waals surface area contributed by atoms with Gasteiger partial charge in [-0.25, -0.2) is 0 Å². The van der Waals surface area contributed by atoms with Crippen LogP contribution in [0.4, 0.5) is 0 Å². The summed E-state index contributed by atoms with van der Waals surface area (Å²) in [5.41, 5.74) is 2.89. The summed E-state index contributed by atoms with van der Waals surface area (Å²) in [7, 11) is 0. The quantitative estimate of drug-likeness (QED) is 0.819. The van der Waals surface area contributed by atoms with Crippen LogP contribution < -0.4 is 5.32 Å². The number of piperidine rings is 1. The van der Waals surface area contributed by atoms with Crippen LogP contribution in [0.3, 0.4) is 0 Å². The Labute approximate surface area is 97.0 Å². The minimum absolute atomic E-state index is 0.674. The number of nitrogens with zero attached hydrogens (tertiary/aromatic N) is 1. The van der Waals surface area contributed by atoms with Crippen LogP contribution in [0.1, 0.15) is 55.7 Å². The first kappa shape index (κ1) is 10.3. The third-order valence-electron chi connectivity index (χ3n) is 4.16. The van der Waals surface area contributed by atoms with E-state index in [1.54, 1.807) is 0 Å². The van der Waals surface area contributed by atoms with Gasteiger partial charge in [0.15, 0.2) is 0 Å². The Morgan fingerprint density at radius 2 is 2.12 bits per heavy atom. The van der Waals surface area contributed by atoms with Gasteiger partial charge in [-0.1, -0.05) is 12.8 Å². The van der Waals surface area contributed by atoms with Crippen molar-refractivity contribution in [2.24, 2.45) is 0 Å². The Bertz CT molecular complexity index is 335. The van der Waals surface area contributed by atoms with Crippen molar-refractivity contribution >= 4 is 0 Å². The van der Waals surface area contributed by atoms with E-state index in [0.717, 1.165) is 12.3 Å². The third kappa shape index (κ3) is 2.01. The number of nitrogens with one attached hydrogen (secondary N) is 2.